The molecule has 1 aliphatic heterocycles. The van der Waals surface area contributed by atoms with Crippen molar-refractivity contribution in [3.8, 4) is 0 Å². The van der Waals surface area contributed by atoms with E-state index in [1.165, 1.54) is 57.8 Å². The van der Waals surface area contributed by atoms with Gasteiger partial charge in [0.25, 0.3) is 0 Å². The second kappa shape index (κ2) is 18.5. The van der Waals surface area contributed by atoms with Crippen LogP contribution >= 0.6 is 0 Å². The molecule has 2 aromatic heterocycles. The summed E-state index contributed by atoms with van der Waals surface area (Å²) < 4.78 is 11.9. The van der Waals surface area contributed by atoms with Gasteiger partial charge in [-0.15, -0.1) is 0 Å². The zero-order valence-electron chi connectivity index (χ0n) is 31.8. The molecule has 3 rings (SSSR count). The molecule has 0 bridgehead atoms. The van der Waals surface area contributed by atoms with Crippen molar-refractivity contribution in [1.29, 1.82) is 0 Å². The molecular weight excluding hydrogens is 616 g/mol. The second-order valence-corrected chi connectivity index (χ2v) is 16.7. The van der Waals surface area contributed by atoms with Gasteiger partial charge >= 0.3 is 5.97 Å². The number of carboxylic acid groups (broad SMARTS) is 1. The number of aliphatic carboxylic acids is 1. The Balaban J connectivity index is 1.63. The van der Waals surface area contributed by atoms with E-state index < -0.39 is 29.2 Å². The van der Waals surface area contributed by atoms with Gasteiger partial charge in [0.05, 0.1) is 13.0 Å². The van der Waals surface area contributed by atoms with Crippen LogP contribution in [0.15, 0.2) is 24.5 Å². The van der Waals surface area contributed by atoms with Crippen LogP contribution in [0.3, 0.4) is 0 Å². The Kier molecular flexibility index (Phi) is 15.4. The van der Waals surface area contributed by atoms with E-state index in [4.69, 9.17) is 9.47 Å². The van der Waals surface area contributed by atoms with Crippen LogP contribution in [0.5, 0.6) is 0 Å². The highest BCUT2D eigenvalue weighted by Gasteiger charge is 2.46. The van der Waals surface area contributed by atoms with Crippen molar-refractivity contribution in [2.24, 2.45) is 16.7 Å². The number of ketones is 2. The maximum absolute atomic E-state index is 14.0. The number of unbranched alkanes of at least 4 members (excludes halogenated alkanes) is 9. The van der Waals surface area contributed by atoms with Crippen molar-refractivity contribution in [3.05, 3.63) is 47.0 Å². The van der Waals surface area contributed by atoms with Crippen molar-refractivity contribution in [2.75, 3.05) is 6.61 Å². The maximum Gasteiger partial charge on any atom is 0.304 e. The van der Waals surface area contributed by atoms with Crippen molar-refractivity contribution in [2.45, 2.75) is 170 Å². The summed E-state index contributed by atoms with van der Waals surface area (Å²) in [5.41, 5.74) is 2.06. The van der Waals surface area contributed by atoms with E-state index in [1.54, 1.807) is 26.1 Å². The first kappa shape index (κ1) is 40.7. The summed E-state index contributed by atoms with van der Waals surface area (Å²) in [5, 5.41) is 9.83. The van der Waals surface area contributed by atoms with Crippen LogP contribution in [-0.4, -0.2) is 51.1 Å². The minimum atomic E-state index is -0.919. The van der Waals surface area contributed by atoms with Crippen LogP contribution in [0.4, 0.5) is 0 Å². The van der Waals surface area contributed by atoms with Crippen molar-refractivity contribution in [1.82, 2.24) is 9.97 Å². The van der Waals surface area contributed by atoms with Crippen molar-refractivity contribution >= 4 is 17.5 Å². The normalized spacial score (nSPS) is 18.7. The standard InChI is InChI=1S/C41H66N2O6/c1-9-10-11-12-13-14-15-16-17-18-21-32(39(2,3)4)36(46)30-23-25-42-33(30)22-19-20-29(27-34(44)45)35-31(24-26-43-35)37(47)38-40(5,6)28-48-41(7,8)49-38/h23-26,29,32,38,42-43H,9-22,27-28H2,1-8H3,(H,44,45). The number of carboxylic acids is 1. The number of hydrogen-bond acceptors (Lipinski definition) is 5. The summed E-state index contributed by atoms with van der Waals surface area (Å²) in [6.45, 7) is 16.6. The van der Waals surface area contributed by atoms with E-state index in [2.05, 4.69) is 37.7 Å². The molecule has 0 aromatic carbocycles. The van der Waals surface area contributed by atoms with E-state index in [9.17, 15) is 19.5 Å². The predicted molar refractivity (Wildman–Crippen MR) is 196 cm³/mol. The summed E-state index contributed by atoms with van der Waals surface area (Å²) in [4.78, 5) is 46.4. The highest BCUT2D eigenvalue weighted by Crippen LogP contribution is 2.39. The number of carbonyl (C=O) groups is 3. The van der Waals surface area contributed by atoms with Gasteiger partial charge in [0, 0.05) is 52.2 Å². The van der Waals surface area contributed by atoms with Crippen LogP contribution in [0.1, 0.15) is 183 Å². The lowest BCUT2D eigenvalue weighted by Crippen LogP contribution is -2.53. The van der Waals surface area contributed by atoms with Gasteiger partial charge in [-0.1, -0.05) is 106 Å². The van der Waals surface area contributed by atoms with Gasteiger partial charge in [-0.3, -0.25) is 14.4 Å². The van der Waals surface area contributed by atoms with Crippen molar-refractivity contribution < 1.29 is 29.0 Å². The molecule has 0 spiro atoms. The van der Waals surface area contributed by atoms with Crippen LogP contribution in [0.25, 0.3) is 0 Å². The molecule has 0 saturated carbocycles. The molecule has 3 atom stereocenters. The minimum absolute atomic E-state index is 0.0648. The SMILES string of the molecule is CCCCCCCCCCCCC(C(=O)c1cc[nH]c1CCCC(CC(=O)O)c1[nH]ccc1C(=O)C1OC(C)(C)OCC1(C)C)C(C)(C)C. The third-order valence-electron chi connectivity index (χ3n) is 10.3. The lowest BCUT2D eigenvalue weighted by molar-refractivity contribution is -0.298. The number of H-pyrrole nitrogens is 2. The topological polar surface area (TPSA) is 121 Å². The minimum Gasteiger partial charge on any atom is -0.481 e. The number of aromatic nitrogens is 2. The quantitative estimate of drug-likeness (QED) is 0.0839. The molecule has 0 amide bonds. The number of ether oxygens (including phenoxy) is 2. The zero-order chi connectivity index (χ0) is 36.2. The Bertz CT molecular complexity index is 1330. The summed E-state index contributed by atoms with van der Waals surface area (Å²) in [6, 6.07) is 3.64. The average molecular weight is 683 g/mol. The third-order valence-corrected chi connectivity index (χ3v) is 10.3. The Labute approximate surface area is 295 Å². The fourth-order valence-electron chi connectivity index (χ4n) is 7.30. The Morgan fingerprint density at radius 1 is 0.857 bits per heavy atom. The number of aromatic amines is 2. The molecule has 276 valence electrons. The van der Waals surface area contributed by atoms with Crippen LogP contribution < -0.4 is 0 Å². The molecule has 3 unspecified atom stereocenters. The molecule has 3 heterocycles. The predicted octanol–water partition coefficient (Wildman–Crippen LogP) is 10.4. The average Bonchev–Trinajstić information content (AvgIpc) is 3.70. The number of nitrogens with one attached hydrogen (secondary N) is 2. The molecule has 1 aliphatic rings. The van der Waals surface area contributed by atoms with E-state index in [0.717, 1.165) is 24.1 Å². The first-order chi connectivity index (χ1) is 23.1. The Hall–Kier alpha value is -2.71. The summed E-state index contributed by atoms with van der Waals surface area (Å²) in [6.07, 6.45) is 18.2. The van der Waals surface area contributed by atoms with Gasteiger partial charge < -0.3 is 24.5 Å². The zero-order valence-corrected chi connectivity index (χ0v) is 31.8. The second-order valence-electron chi connectivity index (χ2n) is 16.7. The lowest BCUT2D eigenvalue weighted by Gasteiger charge is -2.45. The van der Waals surface area contributed by atoms with E-state index in [0.29, 0.717) is 37.1 Å². The fraction of sp³-hybridized carbons (Fsp3) is 0.732. The molecule has 3 N–H and O–H groups in total. The number of carbonyl (C=O) groups excluding carboxylic acids is 2. The maximum atomic E-state index is 14.0. The summed E-state index contributed by atoms with van der Waals surface area (Å²) >= 11 is 0. The fourth-order valence-corrected chi connectivity index (χ4v) is 7.30. The van der Waals surface area contributed by atoms with Gasteiger partial charge in [-0.25, -0.2) is 0 Å². The monoisotopic (exact) mass is 682 g/mol. The summed E-state index contributed by atoms with van der Waals surface area (Å²) in [5.74, 6) is -2.24. The molecule has 8 nitrogen and oxygen atoms in total. The first-order valence-electron chi connectivity index (χ1n) is 19.0. The smallest absolute Gasteiger partial charge is 0.304 e. The molecule has 0 aliphatic carbocycles. The lowest BCUT2D eigenvalue weighted by atomic mass is 9.73. The largest absolute Gasteiger partial charge is 0.481 e. The van der Waals surface area contributed by atoms with Gasteiger partial charge in [0.1, 0.15) is 6.10 Å². The number of hydrogen-bond donors (Lipinski definition) is 3. The van der Waals surface area contributed by atoms with Gasteiger partial charge in [0.15, 0.2) is 17.4 Å². The van der Waals surface area contributed by atoms with E-state index >= 15 is 0 Å². The molecule has 8 heteroatoms. The van der Waals surface area contributed by atoms with Crippen LogP contribution in [0.2, 0.25) is 0 Å². The molecule has 1 saturated heterocycles. The summed E-state index contributed by atoms with van der Waals surface area (Å²) in [7, 11) is 0. The molecular formula is C41H66N2O6. The number of aryl methyl sites for hydroxylation is 1. The molecule has 49 heavy (non-hydrogen) atoms. The molecule has 2 aromatic rings. The van der Waals surface area contributed by atoms with E-state index in [-0.39, 0.29) is 29.3 Å². The first-order valence-corrected chi connectivity index (χ1v) is 19.0. The van der Waals surface area contributed by atoms with Crippen LogP contribution in [-0.2, 0) is 20.7 Å². The Morgan fingerprint density at radius 3 is 2.06 bits per heavy atom. The molecule has 1 fully saturated rings. The highest BCUT2D eigenvalue weighted by atomic mass is 16.7. The molecule has 0 radical (unpaired) electrons. The number of rotatable bonds is 22. The van der Waals surface area contributed by atoms with Crippen LogP contribution in [0, 0.1) is 16.7 Å². The van der Waals surface area contributed by atoms with Crippen molar-refractivity contribution in [3.63, 3.8) is 0 Å². The highest BCUT2D eigenvalue weighted by molar-refractivity contribution is 6.01. The Morgan fingerprint density at radius 2 is 1.45 bits per heavy atom. The van der Waals surface area contributed by atoms with Gasteiger partial charge in [-0.05, 0) is 57.1 Å². The number of Topliss-reactive ketones (excluding diaryl/α,β-unsaturated/α-hetero) is 2. The van der Waals surface area contributed by atoms with E-state index in [1.807, 2.05) is 26.1 Å². The third kappa shape index (κ3) is 12.2. The van der Waals surface area contributed by atoms with Gasteiger partial charge in [-0.2, -0.15) is 0 Å². The van der Waals surface area contributed by atoms with Gasteiger partial charge in [0.2, 0.25) is 0 Å².